The molecule has 0 saturated heterocycles. The molecule has 0 amide bonds. The predicted octanol–water partition coefficient (Wildman–Crippen LogP) is 0.798. The van der Waals surface area contributed by atoms with Crippen LogP contribution in [-0.4, -0.2) is 11.1 Å². The molecule has 0 saturated carbocycles. The van der Waals surface area contributed by atoms with Crippen molar-refractivity contribution in [2.75, 3.05) is 5.43 Å². The van der Waals surface area contributed by atoms with Crippen molar-refractivity contribution in [3.8, 4) is 11.8 Å². The fourth-order valence-electron chi connectivity index (χ4n) is 0.933. The maximum absolute atomic E-state index is 10.2. The summed E-state index contributed by atoms with van der Waals surface area (Å²) in [5.41, 5.74) is 3.86. The Kier molecular flexibility index (Phi) is 3.53. The monoisotopic (exact) mass is 190 g/mol. The molecular formula is C10H10N2O2. The van der Waals surface area contributed by atoms with E-state index in [1.165, 1.54) is 0 Å². The first-order valence-corrected chi connectivity index (χ1v) is 4.00. The van der Waals surface area contributed by atoms with Gasteiger partial charge in [0.2, 0.25) is 0 Å². The van der Waals surface area contributed by atoms with Crippen LogP contribution in [0.2, 0.25) is 0 Å². The van der Waals surface area contributed by atoms with Gasteiger partial charge in [0.05, 0.1) is 5.69 Å². The van der Waals surface area contributed by atoms with E-state index >= 15 is 0 Å². The summed E-state index contributed by atoms with van der Waals surface area (Å²) in [4.78, 5) is 10.2. The van der Waals surface area contributed by atoms with Crippen molar-refractivity contribution in [1.82, 2.24) is 0 Å². The summed E-state index contributed by atoms with van der Waals surface area (Å²) in [7, 11) is 0. The van der Waals surface area contributed by atoms with Crippen molar-refractivity contribution in [2.24, 2.45) is 5.84 Å². The van der Waals surface area contributed by atoms with E-state index in [0.717, 1.165) is 0 Å². The molecule has 0 radical (unpaired) electrons. The number of hydrazine groups is 1. The van der Waals surface area contributed by atoms with Gasteiger partial charge in [0.15, 0.2) is 0 Å². The number of aliphatic carboxylic acids is 1. The maximum Gasteiger partial charge on any atom is 0.315 e. The minimum Gasteiger partial charge on any atom is -0.481 e. The van der Waals surface area contributed by atoms with E-state index in [0.29, 0.717) is 11.3 Å². The van der Waals surface area contributed by atoms with E-state index in [-0.39, 0.29) is 6.42 Å². The normalized spacial score (nSPS) is 8.64. The van der Waals surface area contributed by atoms with Gasteiger partial charge in [-0.1, -0.05) is 24.0 Å². The van der Waals surface area contributed by atoms with Crippen LogP contribution in [0, 0.1) is 11.8 Å². The summed E-state index contributed by atoms with van der Waals surface area (Å²) in [6.45, 7) is 0. The molecule has 72 valence electrons. The van der Waals surface area contributed by atoms with Gasteiger partial charge >= 0.3 is 5.97 Å². The highest BCUT2D eigenvalue weighted by Crippen LogP contribution is 2.11. The van der Waals surface area contributed by atoms with Crippen LogP contribution in [0.3, 0.4) is 0 Å². The molecule has 0 aliphatic carbocycles. The lowest BCUT2D eigenvalue weighted by Gasteiger charge is -2.00. The van der Waals surface area contributed by atoms with E-state index in [2.05, 4.69) is 17.3 Å². The number of nitrogens with one attached hydrogen (secondary N) is 1. The van der Waals surface area contributed by atoms with Crippen molar-refractivity contribution in [3.63, 3.8) is 0 Å². The zero-order valence-electron chi connectivity index (χ0n) is 7.45. The van der Waals surface area contributed by atoms with Crippen LogP contribution in [0.4, 0.5) is 5.69 Å². The number of hydrogen-bond donors (Lipinski definition) is 3. The van der Waals surface area contributed by atoms with Gasteiger partial charge in [-0.3, -0.25) is 10.6 Å². The number of hydrogen-bond acceptors (Lipinski definition) is 3. The number of carboxylic acids is 1. The molecule has 4 nitrogen and oxygen atoms in total. The van der Waals surface area contributed by atoms with E-state index < -0.39 is 5.97 Å². The van der Waals surface area contributed by atoms with Crippen LogP contribution >= 0.6 is 0 Å². The number of para-hydroxylation sites is 1. The largest absolute Gasteiger partial charge is 0.481 e. The standard InChI is InChI=1S/C10H10N2O2/c11-12-9-6-2-1-4-8(9)5-3-7-10(13)14/h1-2,4,6,12H,7,11H2,(H,13,14). The Morgan fingerprint density at radius 2 is 2.21 bits per heavy atom. The first-order valence-electron chi connectivity index (χ1n) is 4.00. The van der Waals surface area contributed by atoms with Gasteiger partial charge in [-0.15, -0.1) is 0 Å². The minimum atomic E-state index is -0.935. The number of anilines is 1. The summed E-state index contributed by atoms with van der Waals surface area (Å²) in [5, 5.41) is 8.38. The summed E-state index contributed by atoms with van der Waals surface area (Å²) in [6, 6.07) is 7.16. The highest BCUT2D eigenvalue weighted by Gasteiger charge is 1.95. The molecule has 0 aliphatic heterocycles. The third-order valence-electron chi connectivity index (χ3n) is 1.55. The van der Waals surface area contributed by atoms with Crippen LogP contribution < -0.4 is 11.3 Å². The Hall–Kier alpha value is -1.99. The lowest BCUT2D eigenvalue weighted by Crippen LogP contribution is -2.07. The Morgan fingerprint density at radius 3 is 2.86 bits per heavy atom. The quantitative estimate of drug-likeness (QED) is 0.366. The second-order valence-electron chi connectivity index (χ2n) is 2.56. The number of carbonyl (C=O) groups is 1. The molecule has 0 aromatic heterocycles. The highest BCUT2D eigenvalue weighted by molar-refractivity contribution is 5.70. The summed E-state index contributed by atoms with van der Waals surface area (Å²) >= 11 is 0. The summed E-state index contributed by atoms with van der Waals surface area (Å²) in [5.74, 6) is 9.57. The summed E-state index contributed by atoms with van der Waals surface area (Å²) < 4.78 is 0. The number of nitrogens with two attached hydrogens (primary N) is 1. The number of benzene rings is 1. The molecule has 1 aromatic carbocycles. The van der Waals surface area contributed by atoms with E-state index in [4.69, 9.17) is 10.9 Å². The molecule has 0 aliphatic rings. The molecule has 4 heteroatoms. The highest BCUT2D eigenvalue weighted by atomic mass is 16.4. The summed E-state index contributed by atoms with van der Waals surface area (Å²) in [6.07, 6.45) is -0.168. The maximum atomic E-state index is 10.2. The average Bonchev–Trinajstić information content (AvgIpc) is 2.18. The Balaban J connectivity index is 2.83. The smallest absolute Gasteiger partial charge is 0.315 e. The van der Waals surface area contributed by atoms with Crippen LogP contribution in [0.5, 0.6) is 0 Å². The molecule has 0 bridgehead atoms. The van der Waals surface area contributed by atoms with E-state index in [9.17, 15) is 4.79 Å². The number of rotatable bonds is 2. The average molecular weight is 190 g/mol. The Labute approximate surface area is 81.7 Å². The molecule has 0 heterocycles. The third-order valence-corrected chi connectivity index (χ3v) is 1.55. The minimum absolute atomic E-state index is 0.168. The Bertz CT molecular complexity index is 391. The predicted molar refractivity (Wildman–Crippen MR) is 53.4 cm³/mol. The number of carboxylic acid groups (broad SMARTS) is 1. The van der Waals surface area contributed by atoms with Gasteiger partial charge in [-0.2, -0.15) is 0 Å². The van der Waals surface area contributed by atoms with Gasteiger partial charge in [0.1, 0.15) is 6.42 Å². The molecule has 1 aromatic rings. The van der Waals surface area contributed by atoms with Gasteiger partial charge < -0.3 is 10.5 Å². The van der Waals surface area contributed by atoms with E-state index in [1.807, 2.05) is 12.1 Å². The lowest BCUT2D eigenvalue weighted by atomic mass is 10.2. The van der Waals surface area contributed by atoms with Crippen LogP contribution in [0.15, 0.2) is 24.3 Å². The molecule has 0 unspecified atom stereocenters. The van der Waals surface area contributed by atoms with Gasteiger partial charge in [-0.05, 0) is 12.1 Å². The van der Waals surface area contributed by atoms with Gasteiger partial charge in [-0.25, -0.2) is 0 Å². The molecule has 14 heavy (non-hydrogen) atoms. The van der Waals surface area contributed by atoms with Crippen molar-refractivity contribution >= 4 is 11.7 Å². The molecule has 4 N–H and O–H groups in total. The van der Waals surface area contributed by atoms with Crippen molar-refractivity contribution < 1.29 is 9.90 Å². The van der Waals surface area contributed by atoms with Crippen molar-refractivity contribution in [1.29, 1.82) is 0 Å². The Morgan fingerprint density at radius 1 is 1.50 bits per heavy atom. The second kappa shape index (κ2) is 4.90. The van der Waals surface area contributed by atoms with Crippen LogP contribution in [0.1, 0.15) is 12.0 Å². The van der Waals surface area contributed by atoms with Gasteiger partial charge in [0, 0.05) is 5.56 Å². The van der Waals surface area contributed by atoms with Crippen LogP contribution in [0.25, 0.3) is 0 Å². The van der Waals surface area contributed by atoms with E-state index in [1.54, 1.807) is 12.1 Å². The van der Waals surface area contributed by atoms with Crippen LogP contribution in [-0.2, 0) is 4.79 Å². The SMILES string of the molecule is NNc1ccccc1C#CCC(=O)O. The fourth-order valence-corrected chi connectivity index (χ4v) is 0.933. The zero-order chi connectivity index (χ0) is 10.4. The second-order valence-corrected chi connectivity index (χ2v) is 2.56. The molecule has 0 atom stereocenters. The van der Waals surface area contributed by atoms with Crippen molar-refractivity contribution in [3.05, 3.63) is 29.8 Å². The zero-order valence-corrected chi connectivity index (χ0v) is 7.45. The lowest BCUT2D eigenvalue weighted by molar-refractivity contribution is -0.135. The van der Waals surface area contributed by atoms with Crippen molar-refractivity contribution in [2.45, 2.75) is 6.42 Å². The number of nitrogen functional groups attached to an aromatic ring is 1. The van der Waals surface area contributed by atoms with Gasteiger partial charge in [0.25, 0.3) is 0 Å². The fraction of sp³-hybridized carbons (Fsp3) is 0.100. The first kappa shape index (κ1) is 10.1. The topological polar surface area (TPSA) is 75.3 Å². The third kappa shape index (κ3) is 2.81. The first-order chi connectivity index (χ1) is 6.74. The molecule has 1 rings (SSSR count). The molecular weight excluding hydrogens is 180 g/mol. The molecule has 0 spiro atoms. The molecule has 0 fully saturated rings.